The van der Waals surface area contributed by atoms with E-state index in [4.69, 9.17) is 18.9 Å². The van der Waals surface area contributed by atoms with Crippen molar-refractivity contribution in [2.75, 3.05) is 20.8 Å². The highest BCUT2D eigenvalue weighted by Crippen LogP contribution is 2.50. The van der Waals surface area contributed by atoms with E-state index >= 15 is 0 Å². The van der Waals surface area contributed by atoms with Gasteiger partial charge in [-0.25, -0.2) is 9.78 Å². The van der Waals surface area contributed by atoms with E-state index in [1.54, 1.807) is 31.2 Å². The SMILES string of the molecule is COC(=O)c1ccc([C@H]2C[C@@H](NC(=O)[C@@]3(C)COc4cc5c(cc43)OC(F)(F)O5)c3ccc(OC)cc3O2)cn1. The number of rotatable bonds is 5. The molecule has 0 radical (unpaired) electrons. The number of esters is 1. The first-order valence-corrected chi connectivity index (χ1v) is 12.4. The van der Waals surface area contributed by atoms with Crippen molar-refractivity contribution in [3.8, 4) is 28.7 Å². The van der Waals surface area contributed by atoms with Gasteiger partial charge in [-0.05, 0) is 31.2 Å². The highest BCUT2D eigenvalue weighted by atomic mass is 19.3. The average molecular weight is 555 g/mol. The molecule has 2 aromatic carbocycles. The summed E-state index contributed by atoms with van der Waals surface area (Å²) in [6.07, 6.45) is -2.43. The Kier molecular flexibility index (Phi) is 5.93. The van der Waals surface area contributed by atoms with Crippen molar-refractivity contribution in [3.05, 3.63) is 71.0 Å². The lowest BCUT2D eigenvalue weighted by Crippen LogP contribution is -2.46. The van der Waals surface area contributed by atoms with Crippen LogP contribution in [0.15, 0.2) is 48.7 Å². The van der Waals surface area contributed by atoms with E-state index in [0.717, 1.165) is 5.56 Å². The van der Waals surface area contributed by atoms with Crippen LogP contribution in [0, 0.1) is 0 Å². The number of benzene rings is 2. The molecule has 3 aromatic rings. The first-order chi connectivity index (χ1) is 19.1. The Morgan fingerprint density at radius 1 is 1.02 bits per heavy atom. The normalized spacial score (nSPS) is 23.2. The molecule has 3 aliphatic rings. The van der Waals surface area contributed by atoms with Gasteiger partial charge in [-0.15, -0.1) is 8.78 Å². The van der Waals surface area contributed by atoms with Crippen molar-refractivity contribution in [2.45, 2.75) is 37.2 Å². The summed E-state index contributed by atoms with van der Waals surface area (Å²) in [5.74, 6) is 0.0939. The maximum atomic E-state index is 13.8. The molecule has 1 aromatic heterocycles. The summed E-state index contributed by atoms with van der Waals surface area (Å²) in [6, 6.07) is 10.7. The lowest BCUT2D eigenvalue weighted by atomic mass is 9.82. The second-order valence-electron chi connectivity index (χ2n) is 9.82. The van der Waals surface area contributed by atoms with Crippen LogP contribution in [0.3, 0.4) is 0 Å². The van der Waals surface area contributed by atoms with Gasteiger partial charge in [-0.2, -0.15) is 0 Å². The van der Waals surface area contributed by atoms with Crippen LogP contribution in [-0.4, -0.2) is 44.0 Å². The molecule has 4 heterocycles. The maximum absolute atomic E-state index is 13.8. The summed E-state index contributed by atoms with van der Waals surface area (Å²) in [4.78, 5) is 29.8. The number of hydrogen-bond acceptors (Lipinski definition) is 9. The minimum atomic E-state index is -3.79. The Balaban J connectivity index is 1.29. The number of pyridine rings is 1. The van der Waals surface area contributed by atoms with Gasteiger partial charge in [0.2, 0.25) is 5.91 Å². The summed E-state index contributed by atoms with van der Waals surface area (Å²) < 4.78 is 58.4. The third-order valence-electron chi connectivity index (χ3n) is 7.29. The van der Waals surface area contributed by atoms with Gasteiger partial charge in [0, 0.05) is 41.4 Å². The second-order valence-corrected chi connectivity index (χ2v) is 9.82. The fraction of sp³-hybridized carbons (Fsp3) is 0.321. The molecular formula is C28H24F2N2O8. The van der Waals surface area contributed by atoms with Crippen LogP contribution in [0.4, 0.5) is 8.78 Å². The van der Waals surface area contributed by atoms with E-state index in [2.05, 4.69) is 19.8 Å². The predicted octanol–water partition coefficient (Wildman–Crippen LogP) is 4.23. The van der Waals surface area contributed by atoms with Gasteiger partial charge in [-0.3, -0.25) is 4.79 Å². The predicted molar refractivity (Wildman–Crippen MR) is 133 cm³/mol. The molecule has 12 heteroatoms. The van der Waals surface area contributed by atoms with Gasteiger partial charge in [0.05, 0.1) is 20.3 Å². The van der Waals surface area contributed by atoms with E-state index < -0.39 is 29.8 Å². The molecule has 40 heavy (non-hydrogen) atoms. The molecule has 0 saturated heterocycles. The summed E-state index contributed by atoms with van der Waals surface area (Å²) in [5.41, 5.74) is 0.787. The topological polar surface area (TPSA) is 114 Å². The number of carbonyl (C=O) groups is 2. The fourth-order valence-corrected chi connectivity index (χ4v) is 5.07. The third kappa shape index (κ3) is 4.29. The molecule has 0 bridgehead atoms. The zero-order valence-electron chi connectivity index (χ0n) is 21.7. The quantitative estimate of drug-likeness (QED) is 0.463. The molecule has 1 amide bonds. The number of hydrogen-bond donors (Lipinski definition) is 1. The number of alkyl halides is 2. The van der Waals surface area contributed by atoms with Gasteiger partial charge in [0.25, 0.3) is 0 Å². The standard InChI is InChI=1S/C28H24F2N2O8/c1-27(13-37-22-11-24-23(9-17(22)27)39-28(29,30)40-24)26(34)32-19-10-20(14-4-7-18(31-12-14)25(33)36-3)38-21-8-15(35-2)5-6-16(19)21/h4-9,11-12,19-20H,10,13H2,1-3H3,(H,32,34)/t19-,20-,27+/m1/s1. The largest absolute Gasteiger partial charge is 0.586 e. The Hall–Kier alpha value is -4.61. The first-order valence-electron chi connectivity index (χ1n) is 12.4. The van der Waals surface area contributed by atoms with E-state index in [0.29, 0.717) is 29.0 Å². The Bertz CT molecular complexity index is 1510. The molecule has 208 valence electrons. The van der Waals surface area contributed by atoms with E-state index in [1.807, 2.05) is 6.07 Å². The molecule has 0 fully saturated rings. The number of ether oxygens (including phenoxy) is 6. The van der Waals surface area contributed by atoms with Crippen molar-refractivity contribution >= 4 is 11.9 Å². The van der Waals surface area contributed by atoms with Crippen LogP contribution in [0.1, 0.15) is 52.7 Å². The van der Waals surface area contributed by atoms with Gasteiger partial charge >= 0.3 is 12.3 Å². The molecule has 0 aliphatic carbocycles. The van der Waals surface area contributed by atoms with Crippen LogP contribution < -0.4 is 29.0 Å². The first kappa shape index (κ1) is 25.7. The molecule has 3 aliphatic heterocycles. The van der Waals surface area contributed by atoms with Crippen molar-refractivity contribution in [3.63, 3.8) is 0 Å². The molecule has 0 unspecified atom stereocenters. The minimum Gasteiger partial charge on any atom is -0.497 e. The number of amides is 1. The summed E-state index contributed by atoms with van der Waals surface area (Å²) in [6.45, 7) is 1.67. The maximum Gasteiger partial charge on any atom is 0.586 e. The third-order valence-corrected chi connectivity index (χ3v) is 7.29. The number of halogens is 2. The summed E-state index contributed by atoms with van der Waals surface area (Å²) >= 11 is 0. The molecule has 0 saturated carbocycles. The van der Waals surface area contributed by atoms with Crippen LogP contribution in [0.2, 0.25) is 0 Å². The van der Waals surface area contributed by atoms with Crippen molar-refractivity contribution in [2.24, 2.45) is 0 Å². The van der Waals surface area contributed by atoms with E-state index in [-0.39, 0.29) is 35.5 Å². The van der Waals surface area contributed by atoms with Crippen molar-refractivity contribution < 1.29 is 46.8 Å². The van der Waals surface area contributed by atoms with E-state index in [1.165, 1.54) is 32.5 Å². The van der Waals surface area contributed by atoms with Gasteiger partial charge in [0.1, 0.15) is 41.1 Å². The zero-order valence-corrected chi connectivity index (χ0v) is 21.7. The smallest absolute Gasteiger partial charge is 0.497 e. The average Bonchev–Trinajstić information content (AvgIpc) is 3.45. The number of methoxy groups -OCH3 is 2. The lowest BCUT2D eigenvalue weighted by Gasteiger charge is -2.35. The highest BCUT2D eigenvalue weighted by molar-refractivity contribution is 5.90. The molecule has 3 atom stereocenters. The zero-order chi connectivity index (χ0) is 28.2. The Labute approximate surface area is 227 Å². The molecule has 6 rings (SSSR count). The van der Waals surface area contributed by atoms with Gasteiger partial charge in [0.15, 0.2) is 11.5 Å². The van der Waals surface area contributed by atoms with E-state index in [9.17, 15) is 18.4 Å². The molecule has 1 N–H and O–H groups in total. The van der Waals surface area contributed by atoms with Crippen molar-refractivity contribution in [1.82, 2.24) is 10.3 Å². The molecular weight excluding hydrogens is 530 g/mol. The Morgan fingerprint density at radius 3 is 2.50 bits per heavy atom. The second kappa shape index (κ2) is 9.25. The Morgan fingerprint density at radius 2 is 1.80 bits per heavy atom. The fourth-order valence-electron chi connectivity index (χ4n) is 5.07. The number of aromatic nitrogens is 1. The molecule has 10 nitrogen and oxygen atoms in total. The summed E-state index contributed by atoms with van der Waals surface area (Å²) in [7, 11) is 2.81. The highest BCUT2D eigenvalue weighted by Gasteiger charge is 2.49. The van der Waals surface area contributed by atoms with Crippen LogP contribution in [0.25, 0.3) is 0 Å². The monoisotopic (exact) mass is 554 g/mol. The van der Waals surface area contributed by atoms with Crippen LogP contribution in [0.5, 0.6) is 28.7 Å². The van der Waals surface area contributed by atoms with Crippen LogP contribution in [-0.2, 0) is 14.9 Å². The lowest BCUT2D eigenvalue weighted by molar-refractivity contribution is -0.286. The van der Waals surface area contributed by atoms with Crippen molar-refractivity contribution in [1.29, 1.82) is 0 Å². The minimum absolute atomic E-state index is 0.00547. The van der Waals surface area contributed by atoms with Gasteiger partial charge < -0.3 is 33.7 Å². The number of nitrogens with zero attached hydrogens (tertiary/aromatic N) is 1. The number of fused-ring (bicyclic) bond motifs is 3. The molecule has 0 spiro atoms. The van der Waals surface area contributed by atoms with Gasteiger partial charge in [-0.1, -0.05) is 6.07 Å². The van der Waals surface area contributed by atoms with Crippen LogP contribution >= 0.6 is 0 Å². The number of carbonyl (C=O) groups excluding carboxylic acids is 2. The summed E-state index contributed by atoms with van der Waals surface area (Å²) in [5, 5.41) is 3.10. The number of nitrogens with one attached hydrogen (secondary N) is 1.